The topological polar surface area (TPSA) is 72.9 Å². The van der Waals surface area contributed by atoms with Crippen molar-refractivity contribution in [3.05, 3.63) is 12.3 Å². The van der Waals surface area contributed by atoms with Crippen LogP contribution in [0.15, 0.2) is 12.3 Å². The summed E-state index contributed by atoms with van der Waals surface area (Å²) in [5.74, 6) is 0.552. The average Bonchev–Trinajstić information content (AvgIpc) is 2.62. The molecular formula is C12H22N4O. The Kier molecular flexibility index (Phi) is 4.28. The predicted octanol–water partition coefficient (Wildman–Crippen LogP) is 1.92. The summed E-state index contributed by atoms with van der Waals surface area (Å²) in [6.45, 7) is 7.90. The summed E-state index contributed by atoms with van der Waals surface area (Å²) in [4.78, 5) is 11.6. The van der Waals surface area contributed by atoms with Gasteiger partial charge in [-0.05, 0) is 34.1 Å². The molecule has 17 heavy (non-hydrogen) atoms. The number of rotatable bonds is 5. The quantitative estimate of drug-likeness (QED) is 0.823. The highest BCUT2D eigenvalue weighted by atomic mass is 16.1. The highest BCUT2D eigenvalue weighted by Gasteiger charge is 2.14. The molecule has 0 bridgehead atoms. The highest BCUT2D eigenvalue weighted by molar-refractivity contribution is 5.89. The Balaban J connectivity index is 2.45. The molecule has 0 fully saturated rings. The van der Waals surface area contributed by atoms with Crippen molar-refractivity contribution in [3.63, 3.8) is 0 Å². The Morgan fingerprint density at radius 3 is 2.71 bits per heavy atom. The first-order valence-corrected chi connectivity index (χ1v) is 5.92. The Hall–Kier alpha value is -1.36. The SMILES string of the molecule is CC(C)n1ccc(NC(=O)CCC(C)(C)N)n1. The number of carbonyl (C=O) groups excluding carboxylic acids is 1. The molecule has 1 aromatic heterocycles. The molecule has 96 valence electrons. The van der Waals surface area contributed by atoms with Gasteiger partial charge in [-0.15, -0.1) is 0 Å². The molecule has 0 saturated carbocycles. The van der Waals surface area contributed by atoms with E-state index in [1.54, 1.807) is 6.07 Å². The molecule has 5 heteroatoms. The minimum absolute atomic E-state index is 0.0440. The van der Waals surface area contributed by atoms with Crippen molar-refractivity contribution < 1.29 is 4.79 Å². The Labute approximate surface area is 102 Å². The average molecular weight is 238 g/mol. The van der Waals surface area contributed by atoms with Crippen LogP contribution in [0.5, 0.6) is 0 Å². The zero-order valence-corrected chi connectivity index (χ0v) is 11.0. The third-order valence-corrected chi connectivity index (χ3v) is 2.40. The van der Waals surface area contributed by atoms with Gasteiger partial charge in [0.2, 0.25) is 5.91 Å². The van der Waals surface area contributed by atoms with E-state index in [9.17, 15) is 4.79 Å². The van der Waals surface area contributed by atoms with Gasteiger partial charge in [0.15, 0.2) is 5.82 Å². The van der Waals surface area contributed by atoms with Crippen LogP contribution in [-0.4, -0.2) is 21.2 Å². The summed E-state index contributed by atoms with van der Waals surface area (Å²) in [6, 6.07) is 2.09. The van der Waals surface area contributed by atoms with E-state index in [1.165, 1.54) is 0 Å². The molecule has 1 aromatic rings. The summed E-state index contributed by atoms with van der Waals surface area (Å²) < 4.78 is 1.81. The van der Waals surface area contributed by atoms with E-state index in [0.29, 0.717) is 24.7 Å². The molecule has 0 radical (unpaired) electrons. The number of carbonyl (C=O) groups is 1. The van der Waals surface area contributed by atoms with Crippen molar-refractivity contribution in [3.8, 4) is 0 Å². The molecule has 1 amide bonds. The van der Waals surface area contributed by atoms with Gasteiger partial charge in [-0.25, -0.2) is 0 Å². The smallest absolute Gasteiger partial charge is 0.225 e. The van der Waals surface area contributed by atoms with Gasteiger partial charge in [-0.3, -0.25) is 9.48 Å². The molecule has 0 atom stereocenters. The van der Waals surface area contributed by atoms with Gasteiger partial charge in [0.05, 0.1) is 0 Å². The summed E-state index contributed by atoms with van der Waals surface area (Å²) >= 11 is 0. The summed E-state index contributed by atoms with van der Waals surface area (Å²) in [7, 11) is 0. The number of aromatic nitrogens is 2. The largest absolute Gasteiger partial charge is 0.326 e. The first-order valence-electron chi connectivity index (χ1n) is 5.92. The van der Waals surface area contributed by atoms with E-state index >= 15 is 0 Å². The van der Waals surface area contributed by atoms with Crippen LogP contribution in [0.3, 0.4) is 0 Å². The molecule has 1 rings (SSSR count). The number of nitrogens with two attached hydrogens (primary N) is 1. The number of hydrogen-bond acceptors (Lipinski definition) is 3. The van der Waals surface area contributed by atoms with Crippen LogP contribution in [-0.2, 0) is 4.79 Å². The lowest BCUT2D eigenvalue weighted by molar-refractivity contribution is -0.116. The second-order valence-corrected chi connectivity index (χ2v) is 5.31. The third kappa shape index (κ3) is 4.99. The van der Waals surface area contributed by atoms with Crippen LogP contribution in [0.25, 0.3) is 0 Å². The second kappa shape index (κ2) is 5.31. The fourth-order valence-electron chi connectivity index (χ4n) is 1.33. The zero-order chi connectivity index (χ0) is 13.1. The molecule has 1 heterocycles. The van der Waals surface area contributed by atoms with E-state index in [-0.39, 0.29) is 11.4 Å². The van der Waals surface area contributed by atoms with Crippen molar-refractivity contribution in [1.82, 2.24) is 9.78 Å². The number of nitrogens with zero attached hydrogens (tertiary/aromatic N) is 2. The van der Waals surface area contributed by atoms with Crippen LogP contribution >= 0.6 is 0 Å². The van der Waals surface area contributed by atoms with E-state index in [4.69, 9.17) is 5.73 Å². The molecule has 5 nitrogen and oxygen atoms in total. The molecule has 0 saturated heterocycles. The fourth-order valence-corrected chi connectivity index (χ4v) is 1.33. The summed E-state index contributed by atoms with van der Waals surface area (Å²) in [6.07, 6.45) is 2.93. The molecule has 0 unspecified atom stereocenters. The maximum Gasteiger partial charge on any atom is 0.225 e. The number of nitrogens with one attached hydrogen (secondary N) is 1. The van der Waals surface area contributed by atoms with E-state index in [2.05, 4.69) is 10.4 Å². The van der Waals surface area contributed by atoms with Gasteiger partial charge < -0.3 is 11.1 Å². The predicted molar refractivity (Wildman–Crippen MR) is 68.7 cm³/mol. The van der Waals surface area contributed by atoms with Crippen molar-refractivity contribution in [2.24, 2.45) is 5.73 Å². The molecule has 0 aliphatic heterocycles. The minimum atomic E-state index is -0.311. The van der Waals surface area contributed by atoms with E-state index < -0.39 is 0 Å². The highest BCUT2D eigenvalue weighted by Crippen LogP contribution is 2.11. The van der Waals surface area contributed by atoms with Gasteiger partial charge in [-0.2, -0.15) is 5.10 Å². The van der Waals surface area contributed by atoms with Crippen molar-refractivity contribution in [1.29, 1.82) is 0 Å². The van der Waals surface area contributed by atoms with E-state index in [1.807, 2.05) is 38.6 Å². The number of hydrogen-bond donors (Lipinski definition) is 2. The Morgan fingerprint density at radius 2 is 2.24 bits per heavy atom. The zero-order valence-electron chi connectivity index (χ0n) is 11.0. The summed E-state index contributed by atoms with van der Waals surface area (Å²) in [5.41, 5.74) is 5.51. The fraction of sp³-hybridized carbons (Fsp3) is 0.667. The number of anilines is 1. The Morgan fingerprint density at radius 1 is 1.59 bits per heavy atom. The van der Waals surface area contributed by atoms with Gasteiger partial charge in [0.25, 0.3) is 0 Å². The first-order chi connectivity index (χ1) is 7.78. The van der Waals surface area contributed by atoms with Gasteiger partial charge >= 0.3 is 0 Å². The lowest BCUT2D eigenvalue weighted by atomic mass is 10.00. The molecule has 0 aliphatic carbocycles. The molecular weight excluding hydrogens is 216 g/mol. The normalized spacial score (nSPS) is 11.9. The lowest BCUT2D eigenvalue weighted by Gasteiger charge is -2.17. The summed E-state index contributed by atoms with van der Waals surface area (Å²) in [5, 5.41) is 7.01. The van der Waals surface area contributed by atoms with Crippen LogP contribution in [0.1, 0.15) is 46.6 Å². The molecule has 0 aromatic carbocycles. The Bertz CT molecular complexity index is 376. The standard InChI is InChI=1S/C12H22N4O/c1-9(2)16-8-6-10(15-16)14-11(17)5-7-12(3,4)13/h6,8-9H,5,7,13H2,1-4H3,(H,14,15,17). The second-order valence-electron chi connectivity index (χ2n) is 5.31. The third-order valence-electron chi connectivity index (χ3n) is 2.40. The minimum Gasteiger partial charge on any atom is -0.326 e. The van der Waals surface area contributed by atoms with Crippen LogP contribution in [0.4, 0.5) is 5.82 Å². The van der Waals surface area contributed by atoms with Gasteiger partial charge in [0, 0.05) is 30.3 Å². The monoisotopic (exact) mass is 238 g/mol. The first kappa shape index (κ1) is 13.7. The van der Waals surface area contributed by atoms with Crippen molar-refractivity contribution in [2.45, 2.75) is 52.1 Å². The van der Waals surface area contributed by atoms with Crippen LogP contribution < -0.4 is 11.1 Å². The van der Waals surface area contributed by atoms with Crippen LogP contribution in [0, 0.1) is 0 Å². The number of amides is 1. The molecule has 0 aliphatic rings. The van der Waals surface area contributed by atoms with Gasteiger partial charge in [-0.1, -0.05) is 0 Å². The van der Waals surface area contributed by atoms with Crippen molar-refractivity contribution >= 4 is 11.7 Å². The van der Waals surface area contributed by atoms with Crippen LogP contribution in [0.2, 0.25) is 0 Å². The molecule has 0 spiro atoms. The van der Waals surface area contributed by atoms with Crippen molar-refractivity contribution in [2.75, 3.05) is 5.32 Å². The maximum absolute atomic E-state index is 11.6. The lowest BCUT2D eigenvalue weighted by Crippen LogP contribution is -2.33. The molecule has 3 N–H and O–H groups in total. The van der Waals surface area contributed by atoms with Gasteiger partial charge in [0.1, 0.15) is 0 Å². The van der Waals surface area contributed by atoms with E-state index in [0.717, 1.165) is 0 Å². The maximum atomic E-state index is 11.6.